The van der Waals surface area contributed by atoms with Crippen molar-refractivity contribution >= 4 is 6.09 Å². The number of alkyl carbamates (subject to hydrolysis) is 1. The van der Waals surface area contributed by atoms with Gasteiger partial charge in [0.15, 0.2) is 0 Å². The first-order chi connectivity index (χ1) is 7.89. The van der Waals surface area contributed by atoms with Crippen LogP contribution in [0.2, 0.25) is 0 Å². The van der Waals surface area contributed by atoms with Gasteiger partial charge in [0, 0.05) is 22.9 Å². The summed E-state index contributed by atoms with van der Waals surface area (Å²) in [5.74, 6) is 0. The fraction of sp³-hybridized carbons (Fsp3) is 0.875. The second-order valence-corrected chi connectivity index (χ2v) is 4.15. The summed E-state index contributed by atoms with van der Waals surface area (Å²) in [5, 5.41) is 9.07. The summed E-state index contributed by atoms with van der Waals surface area (Å²) in [7, 11) is 0. The van der Waals surface area contributed by atoms with Gasteiger partial charge in [0.1, 0.15) is 5.60 Å². The predicted molar refractivity (Wildman–Crippen MR) is 61.2 cm³/mol. The van der Waals surface area contributed by atoms with Crippen LogP contribution in [0.3, 0.4) is 0 Å². The first-order valence-electron chi connectivity index (χ1n) is 4.91. The van der Waals surface area contributed by atoms with E-state index in [1.165, 1.54) is 0 Å². The molecule has 17 heavy (non-hydrogen) atoms. The van der Waals surface area contributed by atoms with Crippen molar-refractivity contribution in [2.24, 2.45) is 10.2 Å². The zero-order valence-corrected chi connectivity index (χ0v) is 9.99. The highest BCUT2D eigenvalue weighted by atomic mass is 16.6. The van der Waals surface area contributed by atoms with Crippen LogP contribution in [-0.4, -0.2) is 30.8 Å². The van der Waals surface area contributed by atoms with E-state index < -0.39 is 17.7 Å². The van der Waals surface area contributed by atoms with Crippen LogP contribution in [0.15, 0.2) is 10.2 Å². The number of nitrogens with one attached hydrogen (secondary N) is 1. The molecule has 0 saturated carbocycles. The molecule has 9 heteroatoms. The molecule has 0 aromatic carbocycles. The Kier molecular flexibility index (Phi) is 6.32. The minimum atomic E-state index is -0.622. The number of amides is 1. The van der Waals surface area contributed by atoms with E-state index in [1.54, 1.807) is 20.8 Å². The Morgan fingerprint density at radius 1 is 1.41 bits per heavy atom. The molecule has 0 aliphatic carbocycles. The normalized spacial score (nSPS) is 11.7. The lowest BCUT2D eigenvalue weighted by molar-refractivity contribution is 0.0525. The van der Waals surface area contributed by atoms with Gasteiger partial charge in [-0.2, -0.15) is 0 Å². The van der Waals surface area contributed by atoms with Crippen LogP contribution in [0.1, 0.15) is 20.8 Å². The average Bonchev–Trinajstić information content (AvgIpc) is 2.19. The maximum atomic E-state index is 11.3. The van der Waals surface area contributed by atoms with Crippen LogP contribution < -0.4 is 5.32 Å². The van der Waals surface area contributed by atoms with Crippen LogP contribution in [-0.2, 0) is 4.74 Å². The summed E-state index contributed by atoms with van der Waals surface area (Å²) < 4.78 is 4.98. The van der Waals surface area contributed by atoms with Gasteiger partial charge in [-0.05, 0) is 31.8 Å². The third-order valence-corrected chi connectivity index (χ3v) is 1.45. The zero-order chi connectivity index (χ0) is 13.3. The van der Waals surface area contributed by atoms with E-state index in [9.17, 15) is 4.79 Å². The Hall–Kier alpha value is -2.11. The fourth-order valence-corrected chi connectivity index (χ4v) is 0.861. The van der Waals surface area contributed by atoms with Gasteiger partial charge < -0.3 is 10.1 Å². The summed E-state index contributed by atoms with van der Waals surface area (Å²) in [6.45, 7) is 5.24. The third-order valence-electron chi connectivity index (χ3n) is 1.45. The highest BCUT2D eigenvalue weighted by molar-refractivity contribution is 5.67. The van der Waals surface area contributed by atoms with E-state index in [0.29, 0.717) is 0 Å². The van der Waals surface area contributed by atoms with Gasteiger partial charge in [-0.15, -0.1) is 0 Å². The predicted octanol–water partition coefficient (Wildman–Crippen LogP) is 2.50. The van der Waals surface area contributed by atoms with E-state index in [-0.39, 0.29) is 13.1 Å². The Balaban J connectivity index is 4.16. The van der Waals surface area contributed by atoms with E-state index in [2.05, 4.69) is 25.4 Å². The lowest BCUT2D eigenvalue weighted by atomic mass is 10.2. The zero-order valence-electron chi connectivity index (χ0n) is 9.99. The molecule has 0 radical (unpaired) electrons. The molecule has 1 N–H and O–H groups in total. The van der Waals surface area contributed by atoms with Gasteiger partial charge in [-0.3, -0.25) is 0 Å². The molecule has 94 valence electrons. The van der Waals surface area contributed by atoms with Gasteiger partial charge in [-0.25, -0.2) is 4.79 Å². The first kappa shape index (κ1) is 14.9. The second kappa shape index (κ2) is 7.21. The van der Waals surface area contributed by atoms with Crippen LogP contribution in [0.4, 0.5) is 4.79 Å². The number of carbonyl (C=O) groups excluding carboxylic acids is 1. The Morgan fingerprint density at radius 2 is 2.06 bits per heavy atom. The van der Waals surface area contributed by atoms with Crippen LogP contribution in [0.5, 0.6) is 0 Å². The van der Waals surface area contributed by atoms with Crippen molar-refractivity contribution < 1.29 is 9.53 Å². The molecule has 0 spiro atoms. The topological polar surface area (TPSA) is 136 Å². The Morgan fingerprint density at radius 3 is 2.53 bits per heavy atom. The van der Waals surface area contributed by atoms with Crippen LogP contribution >= 0.6 is 0 Å². The molecular weight excluding hydrogens is 226 g/mol. The average molecular weight is 241 g/mol. The summed E-state index contributed by atoms with van der Waals surface area (Å²) >= 11 is 0. The summed E-state index contributed by atoms with van der Waals surface area (Å²) in [4.78, 5) is 16.4. The minimum Gasteiger partial charge on any atom is -0.444 e. The number of azide groups is 2. The molecule has 0 heterocycles. The fourth-order valence-electron chi connectivity index (χ4n) is 0.861. The number of nitrogens with zero attached hydrogens (tertiary/aromatic N) is 6. The standard InChI is InChI=1S/C8H15N7O2/c1-8(2,3)17-7(16)11-4-6(13-15-10)5-12-14-9/h6H,4-5H2,1-3H3,(H,11,16). The third kappa shape index (κ3) is 8.86. The maximum absolute atomic E-state index is 11.3. The van der Waals surface area contributed by atoms with E-state index in [1.807, 2.05) is 0 Å². The van der Waals surface area contributed by atoms with E-state index >= 15 is 0 Å². The number of hydrogen-bond acceptors (Lipinski definition) is 4. The smallest absolute Gasteiger partial charge is 0.407 e. The molecule has 0 aromatic rings. The Labute approximate surface area is 98.4 Å². The highest BCUT2D eigenvalue weighted by Gasteiger charge is 2.16. The molecule has 1 amide bonds. The molecule has 1 atom stereocenters. The van der Waals surface area contributed by atoms with Crippen molar-refractivity contribution in [2.45, 2.75) is 32.4 Å². The number of ether oxygens (including phenoxy) is 1. The van der Waals surface area contributed by atoms with Crippen molar-refractivity contribution in [3.8, 4) is 0 Å². The van der Waals surface area contributed by atoms with Crippen molar-refractivity contribution in [3.63, 3.8) is 0 Å². The summed E-state index contributed by atoms with van der Waals surface area (Å²) in [6, 6.07) is -0.622. The summed E-state index contributed by atoms with van der Waals surface area (Å²) in [5.41, 5.74) is 15.8. The largest absolute Gasteiger partial charge is 0.444 e. The quantitative estimate of drug-likeness (QED) is 0.449. The number of rotatable bonds is 5. The van der Waals surface area contributed by atoms with Crippen molar-refractivity contribution in [1.82, 2.24) is 5.32 Å². The van der Waals surface area contributed by atoms with Crippen molar-refractivity contribution in [2.75, 3.05) is 13.1 Å². The molecule has 0 aliphatic rings. The van der Waals surface area contributed by atoms with E-state index in [0.717, 1.165) is 0 Å². The van der Waals surface area contributed by atoms with Gasteiger partial charge in [-0.1, -0.05) is 10.2 Å². The molecule has 0 aromatic heterocycles. The molecular formula is C8H15N7O2. The molecule has 1 unspecified atom stereocenters. The van der Waals surface area contributed by atoms with Crippen LogP contribution in [0, 0.1) is 0 Å². The van der Waals surface area contributed by atoms with Crippen molar-refractivity contribution in [3.05, 3.63) is 20.9 Å². The number of hydrogen-bond donors (Lipinski definition) is 1. The second-order valence-electron chi connectivity index (χ2n) is 4.15. The summed E-state index contributed by atoms with van der Waals surface area (Å²) in [6.07, 6.45) is -0.614. The molecule has 0 rings (SSSR count). The highest BCUT2D eigenvalue weighted by Crippen LogP contribution is 2.06. The van der Waals surface area contributed by atoms with Crippen LogP contribution in [0.25, 0.3) is 20.9 Å². The first-order valence-corrected chi connectivity index (χ1v) is 4.91. The van der Waals surface area contributed by atoms with Gasteiger partial charge in [0.2, 0.25) is 0 Å². The van der Waals surface area contributed by atoms with Gasteiger partial charge >= 0.3 is 6.09 Å². The molecule has 0 saturated heterocycles. The number of carbonyl (C=O) groups is 1. The van der Waals surface area contributed by atoms with Gasteiger partial charge in [0.05, 0.1) is 6.04 Å². The molecule has 0 fully saturated rings. The Bertz CT molecular complexity index is 349. The molecule has 0 bridgehead atoms. The maximum Gasteiger partial charge on any atom is 0.407 e. The van der Waals surface area contributed by atoms with Gasteiger partial charge in [0.25, 0.3) is 0 Å². The molecule has 9 nitrogen and oxygen atoms in total. The monoisotopic (exact) mass is 241 g/mol. The van der Waals surface area contributed by atoms with Crippen molar-refractivity contribution in [1.29, 1.82) is 0 Å². The lowest BCUT2D eigenvalue weighted by Crippen LogP contribution is -2.37. The SMILES string of the molecule is CC(C)(C)OC(=O)NCC(CN=[N+]=[N-])N=[N+]=[N-]. The molecule has 0 aliphatic heterocycles. The lowest BCUT2D eigenvalue weighted by Gasteiger charge is -2.20. The minimum absolute atomic E-state index is 0.0175. The van der Waals surface area contributed by atoms with E-state index in [4.69, 9.17) is 15.8 Å².